The van der Waals surface area contributed by atoms with E-state index in [-0.39, 0.29) is 0 Å². The molecule has 0 radical (unpaired) electrons. The van der Waals surface area contributed by atoms with E-state index in [1.54, 1.807) is 62.4 Å². The van der Waals surface area contributed by atoms with Gasteiger partial charge in [-0.25, -0.2) is 9.59 Å². The molecule has 0 spiro atoms. The van der Waals surface area contributed by atoms with Crippen molar-refractivity contribution in [3.63, 3.8) is 0 Å². The predicted octanol–water partition coefficient (Wildman–Crippen LogP) is 4.65. The van der Waals surface area contributed by atoms with Crippen LogP contribution in [0.3, 0.4) is 0 Å². The van der Waals surface area contributed by atoms with Crippen LogP contribution in [0.25, 0.3) is 0 Å². The van der Waals surface area contributed by atoms with Crippen molar-refractivity contribution in [2.24, 2.45) is 0 Å². The van der Waals surface area contributed by atoms with Crippen LogP contribution in [0.15, 0.2) is 60.7 Å². The second-order valence-corrected chi connectivity index (χ2v) is 6.41. The van der Waals surface area contributed by atoms with E-state index in [2.05, 4.69) is 0 Å². The quantitative estimate of drug-likeness (QED) is 0.689. The molecule has 1 unspecified atom stereocenters. The molecular weight excluding hydrogens is 316 g/mol. The summed E-state index contributed by atoms with van der Waals surface area (Å²) in [5.41, 5.74) is 0.0156. The Kier molecular flexibility index (Phi) is 6.34. The molecule has 0 N–H and O–H groups in total. The van der Waals surface area contributed by atoms with E-state index in [0.29, 0.717) is 17.5 Å². The lowest BCUT2D eigenvalue weighted by atomic mass is 9.97. The van der Waals surface area contributed by atoms with Gasteiger partial charge in [0.1, 0.15) is 11.7 Å². The molecule has 132 valence electrons. The third-order valence-electron chi connectivity index (χ3n) is 3.95. The van der Waals surface area contributed by atoms with E-state index in [4.69, 9.17) is 9.47 Å². The minimum absolute atomic E-state index is 0.414. The summed E-state index contributed by atoms with van der Waals surface area (Å²) < 4.78 is 11.3. The van der Waals surface area contributed by atoms with Crippen LogP contribution in [0, 0.1) is 0 Å². The Morgan fingerprint density at radius 2 is 1.36 bits per heavy atom. The maximum atomic E-state index is 12.4. The third kappa shape index (κ3) is 5.18. The summed E-state index contributed by atoms with van der Waals surface area (Å²) in [6.07, 6.45) is 0.880. The van der Waals surface area contributed by atoms with Crippen LogP contribution in [0.1, 0.15) is 54.3 Å². The average molecular weight is 340 g/mol. The van der Waals surface area contributed by atoms with Gasteiger partial charge in [-0.1, -0.05) is 49.7 Å². The topological polar surface area (TPSA) is 52.6 Å². The molecule has 0 bridgehead atoms. The van der Waals surface area contributed by atoms with E-state index in [1.165, 1.54) is 0 Å². The first-order chi connectivity index (χ1) is 11.9. The standard InChI is InChI=1S/C21H24O4/c1-4-11-18(24-19(22)16-12-7-5-8-13-16)21(2,3)25-20(23)17-14-9-6-10-15-17/h5-10,12-15,18H,4,11H2,1-3H3. The van der Waals surface area contributed by atoms with E-state index in [0.717, 1.165) is 6.42 Å². The lowest BCUT2D eigenvalue weighted by molar-refractivity contribution is -0.0813. The van der Waals surface area contributed by atoms with Gasteiger partial charge >= 0.3 is 11.9 Å². The Labute approximate surface area is 148 Å². The van der Waals surface area contributed by atoms with Gasteiger partial charge < -0.3 is 9.47 Å². The van der Waals surface area contributed by atoms with Gasteiger partial charge in [-0.2, -0.15) is 0 Å². The number of carbonyl (C=O) groups excluding carboxylic acids is 2. The van der Waals surface area contributed by atoms with Crippen molar-refractivity contribution in [3.05, 3.63) is 71.8 Å². The number of hydrogen-bond donors (Lipinski definition) is 0. The van der Waals surface area contributed by atoms with Crippen molar-refractivity contribution < 1.29 is 19.1 Å². The lowest BCUT2D eigenvalue weighted by Gasteiger charge is -2.33. The second-order valence-electron chi connectivity index (χ2n) is 6.41. The highest BCUT2D eigenvalue weighted by Gasteiger charge is 2.36. The van der Waals surface area contributed by atoms with Gasteiger partial charge in [-0.05, 0) is 44.5 Å². The van der Waals surface area contributed by atoms with Gasteiger partial charge in [0, 0.05) is 0 Å². The first-order valence-electron chi connectivity index (χ1n) is 8.48. The highest BCUT2D eigenvalue weighted by molar-refractivity contribution is 5.90. The number of hydrogen-bond acceptors (Lipinski definition) is 4. The zero-order valence-corrected chi connectivity index (χ0v) is 14.9. The lowest BCUT2D eigenvalue weighted by Crippen LogP contribution is -2.43. The molecule has 0 aromatic heterocycles. The van der Waals surface area contributed by atoms with Crippen LogP contribution in [-0.4, -0.2) is 23.6 Å². The molecule has 2 aromatic carbocycles. The van der Waals surface area contributed by atoms with Crippen LogP contribution < -0.4 is 0 Å². The fourth-order valence-corrected chi connectivity index (χ4v) is 2.52. The largest absolute Gasteiger partial charge is 0.455 e. The average Bonchev–Trinajstić information content (AvgIpc) is 2.62. The molecule has 0 amide bonds. The highest BCUT2D eigenvalue weighted by atomic mass is 16.6. The molecule has 4 nitrogen and oxygen atoms in total. The van der Waals surface area contributed by atoms with Crippen molar-refractivity contribution in [1.29, 1.82) is 0 Å². The predicted molar refractivity (Wildman–Crippen MR) is 96.5 cm³/mol. The van der Waals surface area contributed by atoms with Gasteiger partial charge in [0.2, 0.25) is 0 Å². The smallest absolute Gasteiger partial charge is 0.338 e. The zero-order chi connectivity index (χ0) is 18.3. The normalized spacial score (nSPS) is 12.3. The molecule has 0 fully saturated rings. The molecular formula is C21H24O4. The summed E-state index contributed by atoms with van der Waals surface area (Å²) in [5, 5.41) is 0. The number of ether oxygens (including phenoxy) is 2. The summed E-state index contributed by atoms with van der Waals surface area (Å²) in [7, 11) is 0. The molecule has 2 rings (SSSR count). The molecule has 0 saturated heterocycles. The summed E-state index contributed by atoms with van der Waals surface area (Å²) in [4.78, 5) is 24.7. The fourth-order valence-electron chi connectivity index (χ4n) is 2.52. The van der Waals surface area contributed by atoms with Gasteiger partial charge in [-0.15, -0.1) is 0 Å². The number of carbonyl (C=O) groups is 2. The Morgan fingerprint density at radius 3 is 1.84 bits per heavy atom. The number of rotatable bonds is 7. The van der Waals surface area contributed by atoms with Crippen LogP contribution >= 0.6 is 0 Å². The molecule has 1 atom stereocenters. The van der Waals surface area contributed by atoms with Crippen molar-refractivity contribution >= 4 is 11.9 Å². The monoisotopic (exact) mass is 340 g/mol. The molecule has 25 heavy (non-hydrogen) atoms. The highest BCUT2D eigenvalue weighted by Crippen LogP contribution is 2.25. The van der Waals surface area contributed by atoms with Gasteiger partial charge in [-0.3, -0.25) is 0 Å². The van der Waals surface area contributed by atoms with E-state index in [9.17, 15) is 9.59 Å². The van der Waals surface area contributed by atoms with Gasteiger partial charge in [0.05, 0.1) is 11.1 Å². The molecule has 0 aliphatic rings. The molecule has 0 aliphatic carbocycles. The molecule has 4 heteroatoms. The molecule has 2 aromatic rings. The van der Waals surface area contributed by atoms with Crippen LogP contribution in [0.5, 0.6) is 0 Å². The molecule has 0 heterocycles. The van der Waals surface area contributed by atoms with Gasteiger partial charge in [0.25, 0.3) is 0 Å². The third-order valence-corrected chi connectivity index (χ3v) is 3.95. The van der Waals surface area contributed by atoms with E-state index < -0.39 is 23.6 Å². The van der Waals surface area contributed by atoms with Crippen LogP contribution in [0.2, 0.25) is 0 Å². The van der Waals surface area contributed by atoms with E-state index >= 15 is 0 Å². The summed E-state index contributed by atoms with van der Waals surface area (Å²) >= 11 is 0. The first kappa shape index (κ1) is 18.7. The Balaban J connectivity index is 2.11. The Morgan fingerprint density at radius 1 is 0.880 bits per heavy atom. The Bertz CT molecular complexity index is 692. The number of esters is 2. The second kappa shape index (κ2) is 8.47. The van der Waals surface area contributed by atoms with Crippen molar-refractivity contribution in [3.8, 4) is 0 Å². The van der Waals surface area contributed by atoms with Crippen molar-refractivity contribution in [1.82, 2.24) is 0 Å². The van der Waals surface area contributed by atoms with Crippen LogP contribution in [0.4, 0.5) is 0 Å². The Hall–Kier alpha value is -2.62. The minimum Gasteiger partial charge on any atom is -0.455 e. The first-order valence-corrected chi connectivity index (χ1v) is 8.48. The van der Waals surface area contributed by atoms with Crippen LogP contribution in [-0.2, 0) is 9.47 Å². The van der Waals surface area contributed by atoms with E-state index in [1.807, 2.05) is 19.1 Å². The maximum Gasteiger partial charge on any atom is 0.338 e. The van der Waals surface area contributed by atoms with Gasteiger partial charge in [0.15, 0.2) is 0 Å². The fraction of sp³-hybridized carbons (Fsp3) is 0.333. The summed E-state index contributed by atoms with van der Waals surface area (Å²) in [6.45, 7) is 5.54. The maximum absolute atomic E-state index is 12.4. The zero-order valence-electron chi connectivity index (χ0n) is 14.9. The molecule has 0 aliphatic heterocycles. The summed E-state index contributed by atoms with van der Waals surface area (Å²) in [5.74, 6) is -0.842. The minimum atomic E-state index is -0.937. The summed E-state index contributed by atoms with van der Waals surface area (Å²) in [6, 6.07) is 17.6. The SMILES string of the molecule is CCCC(OC(=O)c1ccccc1)C(C)(C)OC(=O)c1ccccc1. The molecule has 0 saturated carbocycles. The number of benzene rings is 2. The van der Waals surface area contributed by atoms with Crippen molar-refractivity contribution in [2.75, 3.05) is 0 Å². The van der Waals surface area contributed by atoms with Crippen molar-refractivity contribution in [2.45, 2.75) is 45.3 Å².